The molecular weight excluding hydrogens is 383 g/mol. The van der Waals surface area contributed by atoms with E-state index in [1.165, 1.54) is 24.3 Å². The zero-order valence-electron chi connectivity index (χ0n) is 12.3. The summed E-state index contributed by atoms with van der Waals surface area (Å²) in [5, 5.41) is 0.212. The highest BCUT2D eigenvalue weighted by Crippen LogP contribution is 2.32. The average molecular weight is 394 g/mol. The molecule has 2 N–H and O–H groups in total. The summed E-state index contributed by atoms with van der Waals surface area (Å²) in [5.74, 6) is -6.75. The molecule has 5 nitrogen and oxygen atoms in total. The van der Waals surface area contributed by atoms with Crippen LogP contribution in [0.2, 0.25) is 5.02 Å². The van der Waals surface area contributed by atoms with Gasteiger partial charge in [0.25, 0.3) is 0 Å². The molecule has 0 bridgehead atoms. The van der Waals surface area contributed by atoms with Crippen LogP contribution in [0.4, 0.5) is 13.3 Å². The lowest BCUT2D eigenvalue weighted by atomic mass is 10.0. The third-order valence-electron chi connectivity index (χ3n) is 3.39. The Balaban J connectivity index is 2.35. The van der Waals surface area contributed by atoms with Gasteiger partial charge in [-0.15, -0.1) is 0 Å². The van der Waals surface area contributed by atoms with Crippen LogP contribution >= 0.6 is 11.6 Å². The van der Waals surface area contributed by atoms with E-state index in [1.807, 2.05) is 0 Å². The zero-order valence-corrected chi connectivity index (χ0v) is 13.9. The summed E-state index contributed by atoms with van der Waals surface area (Å²) >= 11 is 5.76. The Hall–Kier alpha value is -2.10. The first kappa shape index (κ1) is 19.2. The zero-order chi connectivity index (χ0) is 18.8. The molecule has 0 saturated carbocycles. The summed E-state index contributed by atoms with van der Waals surface area (Å²) in [6.45, 7) is 0. The fourth-order valence-corrected chi connectivity index (χ4v) is 3.57. The van der Waals surface area contributed by atoms with Crippen molar-refractivity contribution < 1.29 is 31.5 Å². The van der Waals surface area contributed by atoms with E-state index in [4.69, 9.17) is 17.3 Å². The van der Waals surface area contributed by atoms with Gasteiger partial charge in [0, 0.05) is 9.55 Å². The molecule has 1 unspecified atom stereocenters. The molecule has 0 aromatic heterocycles. The van der Waals surface area contributed by atoms with Crippen molar-refractivity contribution >= 4 is 27.4 Å². The fourth-order valence-electron chi connectivity index (χ4n) is 2.01. The van der Waals surface area contributed by atoms with Gasteiger partial charge in [-0.25, -0.2) is 18.2 Å². The van der Waals surface area contributed by atoms with E-state index >= 15 is 0 Å². The Labute approximate surface area is 146 Å². The minimum Gasteiger partial charge on any atom is -0.318 e. The summed E-state index contributed by atoms with van der Waals surface area (Å²) in [6.07, 6.45) is 0. The maximum atomic E-state index is 13.6. The summed E-state index contributed by atoms with van der Waals surface area (Å²) in [5.41, 5.74) is 4.98. The third kappa shape index (κ3) is 3.78. The number of benzene rings is 2. The molecule has 10 heteroatoms. The van der Waals surface area contributed by atoms with E-state index in [2.05, 4.69) is 4.94 Å². The highest BCUT2D eigenvalue weighted by atomic mass is 35.5. The molecular formula is C15H11ClF3NO4S. The predicted octanol–water partition coefficient (Wildman–Crippen LogP) is 3.24. The quantitative estimate of drug-likeness (QED) is 0.842. The molecule has 0 amide bonds. The van der Waals surface area contributed by atoms with Crippen molar-refractivity contribution in [1.82, 2.24) is 0 Å². The summed E-state index contributed by atoms with van der Waals surface area (Å²) < 4.78 is 63.8. The van der Waals surface area contributed by atoms with Gasteiger partial charge in [-0.3, -0.25) is 0 Å². The normalized spacial score (nSPS) is 13.3. The summed E-state index contributed by atoms with van der Waals surface area (Å²) in [7, 11) is -3.92. The van der Waals surface area contributed by atoms with E-state index in [9.17, 15) is 26.5 Å². The molecule has 0 aliphatic rings. The standard InChI is InChI=1S/C15H11ClF3NO4S/c16-10-2-1-3-12(8-10)25(22,23)11-6-4-9(5-7-11)13(20)15(17,18)14(21)24-19/h1-8,13H,20H2. The van der Waals surface area contributed by atoms with Crippen molar-refractivity contribution in [1.29, 1.82) is 0 Å². The van der Waals surface area contributed by atoms with E-state index in [1.54, 1.807) is 0 Å². The van der Waals surface area contributed by atoms with Gasteiger partial charge in [-0.1, -0.05) is 29.8 Å². The Morgan fingerprint density at radius 1 is 1.12 bits per heavy atom. The van der Waals surface area contributed by atoms with Crippen LogP contribution in [0, 0.1) is 0 Å². The van der Waals surface area contributed by atoms with Crippen LogP contribution in [0.1, 0.15) is 11.6 Å². The molecule has 134 valence electrons. The van der Waals surface area contributed by atoms with Gasteiger partial charge in [0.15, 0.2) is 0 Å². The third-order valence-corrected chi connectivity index (χ3v) is 5.39. The van der Waals surface area contributed by atoms with Crippen molar-refractivity contribution in [3.8, 4) is 0 Å². The lowest BCUT2D eigenvalue weighted by Gasteiger charge is -2.20. The number of hydrogen-bond acceptors (Lipinski definition) is 5. The molecule has 0 saturated heterocycles. The van der Waals surface area contributed by atoms with E-state index in [0.717, 1.165) is 24.3 Å². The minimum absolute atomic E-state index is 0.0802. The molecule has 2 rings (SSSR count). The van der Waals surface area contributed by atoms with Crippen LogP contribution in [0.3, 0.4) is 0 Å². The van der Waals surface area contributed by atoms with Crippen molar-refractivity contribution in [2.24, 2.45) is 5.73 Å². The second kappa shape index (κ2) is 7.03. The van der Waals surface area contributed by atoms with Gasteiger partial charge >= 0.3 is 11.9 Å². The molecule has 0 aliphatic carbocycles. The van der Waals surface area contributed by atoms with E-state index in [-0.39, 0.29) is 20.4 Å². The van der Waals surface area contributed by atoms with Crippen molar-refractivity contribution in [3.05, 3.63) is 59.1 Å². The topological polar surface area (TPSA) is 86.5 Å². The average Bonchev–Trinajstić information content (AvgIpc) is 2.60. The lowest BCUT2D eigenvalue weighted by Crippen LogP contribution is -2.40. The number of sulfone groups is 1. The molecule has 25 heavy (non-hydrogen) atoms. The first-order chi connectivity index (χ1) is 11.6. The SMILES string of the molecule is NC(c1ccc(S(=O)(=O)c2cccc(Cl)c2)cc1)C(F)(F)C(=O)OF. The van der Waals surface area contributed by atoms with Crippen molar-refractivity contribution in [2.75, 3.05) is 0 Å². The van der Waals surface area contributed by atoms with Gasteiger partial charge in [-0.05, 0) is 35.9 Å². The Kier molecular flexibility index (Phi) is 5.40. The van der Waals surface area contributed by atoms with Crippen LogP contribution in [0.25, 0.3) is 0 Å². The number of carbonyl (C=O) groups is 1. The van der Waals surface area contributed by atoms with Gasteiger partial charge in [-0.2, -0.15) is 8.78 Å². The maximum Gasteiger partial charge on any atom is 0.419 e. The van der Waals surface area contributed by atoms with E-state index < -0.39 is 27.8 Å². The molecule has 0 aliphatic heterocycles. The van der Waals surface area contributed by atoms with Crippen LogP contribution in [-0.4, -0.2) is 20.3 Å². The van der Waals surface area contributed by atoms with Gasteiger partial charge < -0.3 is 5.73 Å². The highest BCUT2D eigenvalue weighted by molar-refractivity contribution is 7.91. The van der Waals surface area contributed by atoms with Gasteiger partial charge in [0.2, 0.25) is 9.84 Å². The van der Waals surface area contributed by atoms with Crippen LogP contribution in [-0.2, 0) is 19.6 Å². The maximum absolute atomic E-state index is 13.6. The highest BCUT2D eigenvalue weighted by Gasteiger charge is 2.49. The monoisotopic (exact) mass is 393 g/mol. The van der Waals surface area contributed by atoms with Crippen LogP contribution in [0.5, 0.6) is 0 Å². The predicted molar refractivity (Wildman–Crippen MR) is 82.4 cm³/mol. The number of rotatable bonds is 5. The molecule has 2 aromatic carbocycles. The van der Waals surface area contributed by atoms with Crippen molar-refractivity contribution in [3.63, 3.8) is 0 Å². The Morgan fingerprint density at radius 3 is 2.24 bits per heavy atom. The number of hydrogen-bond donors (Lipinski definition) is 1. The lowest BCUT2D eigenvalue weighted by molar-refractivity contribution is -0.214. The minimum atomic E-state index is -4.32. The molecule has 1 atom stereocenters. The van der Waals surface area contributed by atoms with Gasteiger partial charge in [0.05, 0.1) is 9.79 Å². The Bertz CT molecular complexity index is 888. The number of carbonyl (C=O) groups excluding carboxylic acids is 1. The second-order valence-electron chi connectivity index (χ2n) is 5.00. The number of halogens is 4. The molecule has 0 heterocycles. The molecule has 2 aromatic rings. The molecule has 0 fully saturated rings. The smallest absolute Gasteiger partial charge is 0.318 e. The van der Waals surface area contributed by atoms with Gasteiger partial charge in [0.1, 0.15) is 6.04 Å². The first-order valence-corrected chi connectivity index (χ1v) is 8.54. The first-order valence-electron chi connectivity index (χ1n) is 6.67. The molecule has 0 radical (unpaired) electrons. The summed E-state index contributed by atoms with van der Waals surface area (Å²) in [4.78, 5) is 13.0. The summed E-state index contributed by atoms with van der Waals surface area (Å²) in [6, 6.07) is 7.39. The van der Waals surface area contributed by atoms with Crippen LogP contribution in [0.15, 0.2) is 58.3 Å². The van der Waals surface area contributed by atoms with Crippen molar-refractivity contribution in [2.45, 2.75) is 21.8 Å². The Morgan fingerprint density at radius 2 is 1.72 bits per heavy atom. The van der Waals surface area contributed by atoms with Crippen LogP contribution < -0.4 is 5.73 Å². The fraction of sp³-hybridized carbons (Fsp3) is 0.133. The van der Waals surface area contributed by atoms with E-state index in [0.29, 0.717) is 0 Å². The number of nitrogens with two attached hydrogens (primary N) is 1. The molecule has 0 spiro atoms. The number of alkyl halides is 2. The largest absolute Gasteiger partial charge is 0.419 e. The second-order valence-corrected chi connectivity index (χ2v) is 7.38.